The smallest absolute Gasteiger partial charge is 0.224 e. The average molecular weight is 221 g/mol. The zero-order chi connectivity index (χ0) is 12.0. The van der Waals surface area contributed by atoms with Gasteiger partial charge in [0.1, 0.15) is 0 Å². The van der Waals surface area contributed by atoms with Crippen molar-refractivity contribution in [2.75, 3.05) is 20.3 Å². The predicted octanol–water partition coefficient (Wildman–Crippen LogP) is 1.61. The molecule has 0 aromatic heterocycles. The molecule has 1 aromatic carbocycles. The molecule has 0 atom stereocenters. The second kappa shape index (κ2) is 6.28. The van der Waals surface area contributed by atoms with Gasteiger partial charge in [0.05, 0.1) is 13.0 Å². The molecule has 0 unspecified atom stereocenters. The molecule has 0 aliphatic heterocycles. The van der Waals surface area contributed by atoms with E-state index in [1.54, 1.807) is 7.11 Å². The average Bonchev–Trinajstić information content (AvgIpc) is 2.24. The number of nitrogens with one attached hydrogen (secondary N) is 1. The Morgan fingerprint density at radius 2 is 2.12 bits per heavy atom. The number of carbonyl (C=O) groups excluding carboxylic acids is 1. The van der Waals surface area contributed by atoms with Crippen molar-refractivity contribution >= 4 is 5.91 Å². The first kappa shape index (κ1) is 12.7. The van der Waals surface area contributed by atoms with Gasteiger partial charge in [0.25, 0.3) is 0 Å². The molecule has 88 valence electrons. The SMILES string of the molecule is COCCNC(=O)Cc1cc(C)ccc1C. The van der Waals surface area contributed by atoms with Crippen molar-refractivity contribution in [1.29, 1.82) is 0 Å². The van der Waals surface area contributed by atoms with Gasteiger partial charge in [-0.2, -0.15) is 0 Å². The zero-order valence-electron chi connectivity index (χ0n) is 10.2. The summed E-state index contributed by atoms with van der Waals surface area (Å²) >= 11 is 0. The van der Waals surface area contributed by atoms with Crippen LogP contribution in [-0.4, -0.2) is 26.2 Å². The Kier molecular flexibility index (Phi) is 4.99. The van der Waals surface area contributed by atoms with Crippen LogP contribution in [0.4, 0.5) is 0 Å². The van der Waals surface area contributed by atoms with E-state index in [4.69, 9.17) is 4.74 Å². The molecule has 0 radical (unpaired) electrons. The maximum absolute atomic E-state index is 11.6. The molecule has 0 aliphatic rings. The van der Waals surface area contributed by atoms with Crippen LogP contribution >= 0.6 is 0 Å². The summed E-state index contributed by atoms with van der Waals surface area (Å²) in [6.07, 6.45) is 0.442. The molecular weight excluding hydrogens is 202 g/mol. The molecule has 1 amide bonds. The summed E-state index contributed by atoms with van der Waals surface area (Å²) in [5.74, 6) is 0.0470. The lowest BCUT2D eigenvalue weighted by Crippen LogP contribution is -2.28. The molecule has 0 aliphatic carbocycles. The number of rotatable bonds is 5. The van der Waals surface area contributed by atoms with E-state index in [0.717, 1.165) is 11.1 Å². The topological polar surface area (TPSA) is 38.3 Å². The van der Waals surface area contributed by atoms with E-state index < -0.39 is 0 Å². The Bertz CT molecular complexity index is 361. The zero-order valence-corrected chi connectivity index (χ0v) is 10.2. The van der Waals surface area contributed by atoms with Crippen LogP contribution in [-0.2, 0) is 16.0 Å². The Morgan fingerprint density at radius 3 is 2.81 bits per heavy atom. The lowest BCUT2D eigenvalue weighted by molar-refractivity contribution is -0.120. The van der Waals surface area contributed by atoms with Gasteiger partial charge in [0.15, 0.2) is 0 Å². The highest BCUT2D eigenvalue weighted by molar-refractivity contribution is 5.78. The van der Waals surface area contributed by atoms with Gasteiger partial charge >= 0.3 is 0 Å². The molecule has 1 aromatic rings. The van der Waals surface area contributed by atoms with E-state index in [2.05, 4.69) is 17.4 Å². The summed E-state index contributed by atoms with van der Waals surface area (Å²) < 4.78 is 4.87. The van der Waals surface area contributed by atoms with E-state index >= 15 is 0 Å². The highest BCUT2D eigenvalue weighted by atomic mass is 16.5. The van der Waals surface area contributed by atoms with Gasteiger partial charge in [-0.1, -0.05) is 23.8 Å². The van der Waals surface area contributed by atoms with Crippen molar-refractivity contribution in [3.63, 3.8) is 0 Å². The number of ether oxygens (including phenoxy) is 1. The summed E-state index contributed by atoms with van der Waals surface area (Å²) in [5.41, 5.74) is 3.44. The molecular formula is C13H19NO2. The van der Waals surface area contributed by atoms with Crippen LogP contribution < -0.4 is 5.32 Å². The highest BCUT2D eigenvalue weighted by Crippen LogP contribution is 2.11. The molecule has 0 saturated heterocycles. The van der Waals surface area contributed by atoms with Gasteiger partial charge in [-0.25, -0.2) is 0 Å². The highest BCUT2D eigenvalue weighted by Gasteiger charge is 2.05. The third kappa shape index (κ3) is 4.03. The minimum atomic E-state index is 0.0470. The van der Waals surface area contributed by atoms with Gasteiger partial charge in [0, 0.05) is 13.7 Å². The maximum atomic E-state index is 11.6. The van der Waals surface area contributed by atoms with E-state index in [-0.39, 0.29) is 5.91 Å². The van der Waals surface area contributed by atoms with Crippen LogP contribution in [0.15, 0.2) is 18.2 Å². The fourth-order valence-corrected chi connectivity index (χ4v) is 1.52. The first-order chi connectivity index (χ1) is 7.63. The van der Waals surface area contributed by atoms with Gasteiger partial charge in [0.2, 0.25) is 5.91 Å². The standard InChI is InChI=1S/C13H19NO2/c1-10-4-5-11(2)12(8-10)9-13(15)14-6-7-16-3/h4-5,8H,6-7,9H2,1-3H3,(H,14,15). The van der Waals surface area contributed by atoms with Crippen molar-refractivity contribution < 1.29 is 9.53 Å². The molecule has 0 saturated carbocycles. The molecule has 1 N–H and O–H groups in total. The van der Waals surface area contributed by atoms with Gasteiger partial charge < -0.3 is 10.1 Å². The molecule has 0 heterocycles. The van der Waals surface area contributed by atoms with Gasteiger partial charge in [-0.15, -0.1) is 0 Å². The molecule has 16 heavy (non-hydrogen) atoms. The largest absolute Gasteiger partial charge is 0.383 e. The Morgan fingerprint density at radius 1 is 1.38 bits per heavy atom. The number of methoxy groups -OCH3 is 1. The predicted molar refractivity (Wildman–Crippen MR) is 64.5 cm³/mol. The molecule has 0 spiro atoms. The van der Waals surface area contributed by atoms with E-state index in [9.17, 15) is 4.79 Å². The van der Waals surface area contributed by atoms with Crippen LogP contribution in [0.3, 0.4) is 0 Å². The summed E-state index contributed by atoms with van der Waals surface area (Å²) in [5, 5.41) is 2.81. The van der Waals surface area contributed by atoms with Crippen molar-refractivity contribution in [3.8, 4) is 0 Å². The minimum absolute atomic E-state index is 0.0470. The van der Waals surface area contributed by atoms with Crippen LogP contribution in [0.25, 0.3) is 0 Å². The fraction of sp³-hybridized carbons (Fsp3) is 0.462. The number of aryl methyl sites for hydroxylation is 2. The van der Waals surface area contributed by atoms with Crippen LogP contribution in [0.5, 0.6) is 0 Å². The Balaban J connectivity index is 2.52. The van der Waals surface area contributed by atoms with E-state index in [1.165, 1.54) is 5.56 Å². The number of benzene rings is 1. The van der Waals surface area contributed by atoms with Crippen LogP contribution in [0.1, 0.15) is 16.7 Å². The lowest BCUT2D eigenvalue weighted by Gasteiger charge is -2.08. The number of carbonyl (C=O) groups is 1. The Hall–Kier alpha value is -1.35. The number of hydrogen-bond donors (Lipinski definition) is 1. The third-order valence-corrected chi connectivity index (χ3v) is 2.48. The van der Waals surface area contributed by atoms with E-state index in [0.29, 0.717) is 19.6 Å². The number of hydrogen-bond acceptors (Lipinski definition) is 2. The third-order valence-electron chi connectivity index (χ3n) is 2.48. The van der Waals surface area contributed by atoms with Crippen molar-refractivity contribution in [2.45, 2.75) is 20.3 Å². The van der Waals surface area contributed by atoms with E-state index in [1.807, 2.05) is 19.9 Å². The maximum Gasteiger partial charge on any atom is 0.224 e. The van der Waals surface area contributed by atoms with Crippen LogP contribution in [0, 0.1) is 13.8 Å². The number of amides is 1. The molecule has 3 nitrogen and oxygen atoms in total. The van der Waals surface area contributed by atoms with Crippen molar-refractivity contribution in [3.05, 3.63) is 34.9 Å². The summed E-state index contributed by atoms with van der Waals surface area (Å²) in [6.45, 7) is 5.18. The van der Waals surface area contributed by atoms with Crippen LogP contribution in [0.2, 0.25) is 0 Å². The first-order valence-electron chi connectivity index (χ1n) is 5.45. The molecule has 1 rings (SSSR count). The lowest BCUT2D eigenvalue weighted by atomic mass is 10.0. The summed E-state index contributed by atoms with van der Waals surface area (Å²) in [6, 6.07) is 6.17. The molecule has 3 heteroatoms. The second-order valence-electron chi connectivity index (χ2n) is 3.95. The normalized spacial score (nSPS) is 10.2. The summed E-state index contributed by atoms with van der Waals surface area (Å²) in [7, 11) is 1.62. The quantitative estimate of drug-likeness (QED) is 0.767. The van der Waals surface area contributed by atoms with Crippen molar-refractivity contribution in [1.82, 2.24) is 5.32 Å². The van der Waals surface area contributed by atoms with Crippen molar-refractivity contribution in [2.24, 2.45) is 0 Å². The first-order valence-corrected chi connectivity index (χ1v) is 5.45. The molecule has 0 bridgehead atoms. The monoisotopic (exact) mass is 221 g/mol. The molecule has 0 fully saturated rings. The minimum Gasteiger partial charge on any atom is -0.383 e. The second-order valence-corrected chi connectivity index (χ2v) is 3.95. The Labute approximate surface area is 96.8 Å². The van der Waals surface area contributed by atoms with Gasteiger partial charge in [-0.3, -0.25) is 4.79 Å². The van der Waals surface area contributed by atoms with Gasteiger partial charge in [-0.05, 0) is 25.0 Å². The summed E-state index contributed by atoms with van der Waals surface area (Å²) in [4.78, 5) is 11.6. The fourth-order valence-electron chi connectivity index (χ4n) is 1.52.